The summed E-state index contributed by atoms with van der Waals surface area (Å²) in [4.78, 5) is 2.58. The molecule has 300 valence electrons. The second kappa shape index (κ2) is 13.0. The first-order valence-corrected chi connectivity index (χ1v) is 22.3. The van der Waals surface area contributed by atoms with Gasteiger partial charge in [-0.15, -0.1) is 0 Å². The molecular formula is C60H34BNO3. The van der Waals surface area contributed by atoms with E-state index < -0.39 is 0 Å². The van der Waals surface area contributed by atoms with E-state index >= 15 is 0 Å². The average molecular weight is 828 g/mol. The van der Waals surface area contributed by atoms with E-state index in [0.717, 1.165) is 105 Å². The highest BCUT2D eigenvalue weighted by Gasteiger charge is 2.42. The van der Waals surface area contributed by atoms with Crippen LogP contribution >= 0.6 is 0 Å². The van der Waals surface area contributed by atoms with Crippen molar-refractivity contribution in [3.63, 3.8) is 0 Å². The molecule has 0 aliphatic carbocycles. The Morgan fingerprint density at radius 1 is 0.277 bits per heavy atom. The SMILES string of the molecule is c1ccc2c(c1)B1c3ccc(-c4cccc5c4oc4ccccc45)cc3-c3cc(-c4cccc5c4oc4ccccc45)ccc3N1c1ccc(-c3cccc4c3oc3ccccc34)cc1-2. The molecule has 2 aliphatic rings. The number of hydrogen-bond donors (Lipinski definition) is 0. The minimum absolute atomic E-state index is 0.0634. The van der Waals surface area contributed by atoms with Gasteiger partial charge in [0.1, 0.15) is 33.5 Å². The number of benzene rings is 10. The summed E-state index contributed by atoms with van der Waals surface area (Å²) in [6.45, 7) is -0.0634. The molecule has 5 heteroatoms. The largest absolute Gasteiger partial charge is 0.455 e. The Morgan fingerprint density at radius 2 is 0.646 bits per heavy atom. The molecule has 0 fully saturated rings. The third-order valence-corrected chi connectivity index (χ3v) is 14.1. The molecule has 0 saturated heterocycles. The molecule has 3 aromatic heterocycles. The van der Waals surface area contributed by atoms with Gasteiger partial charge in [0.2, 0.25) is 0 Å². The van der Waals surface area contributed by atoms with Gasteiger partial charge in [0.15, 0.2) is 0 Å². The van der Waals surface area contributed by atoms with E-state index in [2.05, 4.69) is 193 Å². The van der Waals surface area contributed by atoms with E-state index in [1.165, 1.54) is 38.9 Å². The predicted octanol–water partition coefficient (Wildman–Crippen LogP) is 15.3. The number of furan rings is 3. The summed E-state index contributed by atoms with van der Waals surface area (Å²) in [5.41, 5.74) is 21.7. The van der Waals surface area contributed by atoms with Crippen LogP contribution < -0.4 is 15.7 Å². The highest BCUT2D eigenvalue weighted by Crippen LogP contribution is 2.50. The summed E-state index contributed by atoms with van der Waals surface area (Å²) in [6, 6.07) is 74.4. The minimum Gasteiger partial charge on any atom is -0.455 e. The lowest BCUT2D eigenvalue weighted by atomic mass is 9.43. The third kappa shape index (κ3) is 4.87. The van der Waals surface area contributed by atoms with Crippen LogP contribution in [0.4, 0.5) is 11.4 Å². The van der Waals surface area contributed by atoms with E-state index in [4.69, 9.17) is 13.3 Å². The highest BCUT2D eigenvalue weighted by atomic mass is 16.3. The molecule has 2 aliphatic heterocycles. The zero-order valence-electron chi connectivity index (χ0n) is 34.9. The van der Waals surface area contributed by atoms with Crippen LogP contribution in [0, 0.1) is 0 Å². The summed E-state index contributed by atoms with van der Waals surface area (Å²) in [5, 5.41) is 6.75. The molecule has 0 radical (unpaired) electrons. The zero-order chi connectivity index (χ0) is 42.3. The van der Waals surface area contributed by atoms with E-state index in [1.54, 1.807) is 0 Å². The fraction of sp³-hybridized carbons (Fsp3) is 0. The van der Waals surface area contributed by atoms with Gasteiger partial charge in [0, 0.05) is 71.5 Å². The van der Waals surface area contributed by atoms with Gasteiger partial charge in [-0.3, -0.25) is 0 Å². The van der Waals surface area contributed by atoms with E-state index in [1.807, 2.05) is 18.2 Å². The van der Waals surface area contributed by atoms with E-state index in [-0.39, 0.29) is 6.85 Å². The molecule has 15 rings (SSSR count). The smallest absolute Gasteiger partial charge is 0.329 e. The summed E-state index contributed by atoms with van der Waals surface area (Å²) < 4.78 is 19.8. The predicted molar refractivity (Wildman–Crippen MR) is 269 cm³/mol. The van der Waals surface area contributed by atoms with E-state index in [9.17, 15) is 0 Å². The zero-order valence-corrected chi connectivity index (χ0v) is 34.9. The van der Waals surface area contributed by atoms with Crippen LogP contribution in [-0.4, -0.2) is 6.85 Å². The Balaban J connectivity index is 0.968. The van der Waals surface area contributed by atoms with Crippen molar-refractivity contribution in [1.82, 2.24) is 0 Å². The molecule has 4 nitrogen and oxygen atoms in total. The number of hydrogen-bond acceptors (Lipinski definition) is 4. The van der Waals surface area contributed by atoms with Gasteiger partial charge in [-0.1, -0.05) is 158 Å². The van der Waals surface area contributed by atoms with Gasteiger partial charge >= 0.3 is 6.85 Å². The van der Waals surface area contributed by atoms with Crippen LogP contribution in [0.3, 0.4) is 0 Å². The Labute approximate surface area is 373 Å². The molecule has 0 bridgehead atoms. The van der Waals surface area contributed by atoms with Crippen molar-refractivity contribution in [2.75, 3.05) is 4.81 Å². The topological polar surface area (TPSA) is 42.7 Å². The quantitative estimate of drug-likeness (QED) is 0.166. The lowest BCUT2D eigenvalue weighted by molar-refractivity contribution is 0.669. The third-order valence-electron chi connectivity index (χ3n) is 14.1. The Hall–Kier alpha value is -8.54. The van der Waals surface area contributed by atoms with Gasteiger partial charge in [0.05, 0.1) is 0 Å². The first-order chi connectivity index (χ1) is 32.2. The maximum absolute atomic E-state index is 6.63. The van der Waals surface area contributed by atoms with Gasteiger partial charge in [-0.2, -0.15) is 0 Å². The van der Waals surface area contributed by atoms with Crippen LogP contribution in [0.15, 0.2) is 220 Å². The van der Waals surface area contributed by atoms with Gasteiger partial charge in [-0.05, 0) is 87.3 Å². The first-order valence-electron chi connectivity index (χ1n) is 22.3. The molecule has 0 unspecified atom stereocenters. The summed E-state index contributed by atoms with van der Waals surface area (Å²) in [6.07, 6.45) is 0. The Morgan fingerprint density at radius 3 is 1.15 bits per heavy atom. The van der Waals surface area contributed by atoms with Crippen LogP contribution in [0.2, 0.25) is 0 Å². The van der Waals surface area contributed by atoms with Gasteiger partial charge in [0.25, 0.3) is 0 Å². The van der Waals surface area contributed by atoms with Crippen molar-refractivity contribution in [3.05, 3.63) is 206 Å². The molecule has 0 spiro atoms. The maximum atomic E-state index is 6.63. The second-order valence-corrected chi connectivity index (χ2v) is 17.5. The average Bonchev–Trinajstić information content (AvgIpc) is 4.07. The number of para-hydroxylation sites is 6. The number of nitrogens with zero attached hydrogens (tertiary/aromatic N) is 1. The van der Waals surface area contributed by atoms with Crippen LogP contribution in [-0.2, 0) is 0 Å². The fourth-order valence-electron chi connectivity index (χ4n) is 11.2. The first kappa shape index (κ1) is 35.0. The number of rotatable bonds is 3. The van der Waals surface area contributed by atoms with Crippen molar-refractivity contribution in [2.45, 2.75) is 0 Å². The lowest BCUT2D eigenvalue weighted by Gasteiger charge is -2.43. The Kier molecular flexibility index (Phi) is 7.00. The van der Waals surface area contributed by atoms with Crippen LogP contribution in [0.5, 0.6) is 0 Å². The molecular weight excluding hydrogens is 793 g/mol. The summed E-state index contributed by atoms with van der Waals surface area (Å²) in [7, 11) is 0. The molecule has 0 saturated carbocycles. The summed E-state index contributed by atoms with van der Waals surface area (Å²) >= 11 is 0. The normalized spacial score (nSPS) is 12.9. The highest BCUT2D eigenvalue weighted by molar-refractivity contribution is 6.92. The number of anilines is 2. The molecule has 0 atom stereocenters. The monoisotopic (exact) mass is 827 g/mol. The lowest BCUT2D eigenvalue weighted by Crippen LogP contribution is -2.59. The standard InChI is InChI=1S/C60H34BNO3/c1-5-22-51-41(12-1)49-33-36(39-17-10-20-46-43-14-3-7-24-56(43)64-59(39)46)27-30-53(49)62-54-31-28-37(40-18-11-21-47-44-15-4-8-25-57(44)65-60(40)47)34-50(54)48-32-35(26-29-52(48)61(51)62)38-16-9-19-45-42-13-2-6-23-55(42)63-58(38)45/h1-34H. The van der Waals surface area contributed by atoms with Gasteiger partial charge in [-0.25, -0.2) is 0 Å². The van der Waals surface area contributed by atoms with Crippen molar-refractivity contribution >= 4 is 95.0 Å². The Bertz CT molecular complexity index is 4170. The van der Waals surface area contributed by atoms with Crippen molar-refractivity contribution in [1.29, 1.82) is 0 Å². The van der Waals surface area contributed by atoms with Crippen molar-refractivity contribution in [3.8, 4) is 55.6 Å². The summed E-state index contributed by atoms with van der Waals surface area (Å²) in [5.74, 6) is 0. The minimum atomic E-state index is -0.0634. The molecule has 65 heavy (non-hydrogen) atoms. The van der Waals surface area contributed by atoms with Crippen molar-refractivity contribution in [2.24, 2.45) is 0 Å². The maximum Gasteiger partial charge on any atom is 0.329 e. The van der Waals surface area contributed by atoms with Gasteiger partial charge < -0.3 is 18.1 Å². The van der Waals surface area contributed by atoms with Crippen LogP contribution in [0.25, 0.3) is 121 Å². The molecule has 0 N–H and O–H groups in total. The van der Waals surface area contributed by atoms with Crippen molar-refractivity contribution < 1.29 is 13.3 Å². The van der Waals surface area contributed by atoms with E-state index in [0.29, 0.717) is 0 Å². The molecule has 5 heterocycles. The second-order valence-electron chi connectivity index (χ2n) is 17.5. The fourth-order valence-corrected chi connectivity index (χ4v) is 11.2. The molecule has 10 aromatic carbocycles. The molecule has 13 aromatic rings. The van der Waals surface area contributed by atoms with Crippen LogP contribution in [0.1, 0.15) is 0 Å². The molecule has 0 amide bonds. The number of fused-ring (bicyclic) bond motifs is 20.